The first-order valence-electron chi connectivity index (χ1n) is 10.3. The lowest BCUT2D eigenvalue weighted by Gasteiger charge is -2.08. The van der Waals surface area contributed by atoms with E-state index < -0.39 is 11.8 Å². The van der Waals surface area contributed by atoms with Crippen molar-refractivity contribution in [2.75, 3.05) is 0 Å². The fourth-order valence-electron chi connectivity index (χ4n) is 3.10. The summed E-state index contributed by atoms with van der Waals surface area (Å²) in [5.74, 6) is -0.203. The number of hydrogen-bond acceptors (Lipinski definition) is 6. The molecule has 168 valence electrons. The topological polar surface area (TPSA) is 104 Å². The van der Waals surface area contributed by atoms with Crippen molar-refractivity contribution in [3.8, 4) is 0 Å². The standard InChI is InChI=1S/C24H22N4O3S2/c1-15-6-12-21(33-15)20(29)11-13-22(30)27-28-23(31)17-9-7-16(8-10-17)14-32-24-25-18-4-2-3-5-19(18)26-24/h2-10,12H,11,13-14H2,1H3,(H,25,26)(H,27,30)(H,28,31). The van der Waals surface area contributed by atoms with E-state index in [0.717, 1.165) is 26.6 Å². The number of carbonyl (C=O) groups is 3. The maximum Gasteiger partial charge on any atom is 0.269 e. The molecule has 0 aliphatic heterocycles. The van der Waals surface area contributed by atoms with Crippen LogP contribution in [0.5, 0.6) is 0 Å². The van der Waals surface area contributed by atoms with Crippen molar-refractivity contribution in [1.82, 2.24) is 20.8 Å². The lowest BCUT2D eigenvalue weighted by molar-refractivity contribution is -0.121. The molecule has 0 saturated carbocycles. The molecule has 33 heavy (non-hydrogen) atoms. The second-order valence-corrected chi connectivity index (χ2v) is 9.63. The van der Waals surface area contributed by atoms with Gasteiger partial charge in [-0.3, -0.25) is 25.2 Å². The average Bonchev–Trinajstić information content (AvgIpc) is 3.45. The number of hydrogen-bond donors (Lipinski definition) is 3. The first-order chi connectivity index (χ1) is 16.0. The number of nitrogens with one attached hydrogen (secondary N) is 3. The highest BCUT2D eigenvalue weighted by atomic mass is 32.2. The van der Waals surface area contributed by atoms with Gasteiger partial charge in [0.2, 0.25) is 5.91 Å². The van der Waals surface area contributed by atoms with Gasteiger partial charge in [0.05, 0.1) is 15.9 Å². The third kappa shape index (κ3) is 6.09. The lowest BCUT2D eigenvalue weighted by Crippen LogP contribution is -2.41. The number of aromatic nitrogens is 2. The molecule has 0 aliphatic carbocycles. The number of amides is 2. The number of thiophene rings is 1. The van der Waals surface area contributed by atoms with E-state index in [4.69, 9.17) is 0 Å². The zero-order chi connectivity index (χ0) is 23.2. The van der Waals surface area contributed by atoms with Crippen LogP contribution in [-0.4, -0.2) is 27.6 Å². The Bertz CT molecular complexity index is 1260. The van der Waals surface area contributed by atoms with E-state index >= 15 is 0 Å². The number of hydrazine groups is 1. The van der Waals surface area contributed by atoms with Crippen molar-refractivity contribution in [1.29, 1.82) is 0 Å². The Hall–Kier alpha value is -3.43. The highest BCUT2D eigenvalue weighted by Crippen LogP contribution is 2.23. The van der Waals surface area contributed by atoms with Crippen LogP contribution in [0, 0.1) is 6.92 Å². The normalized spacial score (nSPS) is 10.8. The van der Waals surface area contributed by atoms with Crippen LogP contribution in [0.15, 0.2) is 65.8 Å². The molecule has 2 aromatic heterocycles. The number of thioether (sulfide) groups is 1. The van der Waals surface area contributed by atoms with Crippen molar-refractivity contribution in [2.24, 2.45) is 0 Å². The summed E-state index contributed by atoms with van der Waals surface area (Å²) in [7, 11) is 0. The molecule has 2 heterocycles. The molecule has 0 radical (unpaired) electrons. The number of fused-ring (bicyclic) bond motifs is 1. The summed E-state index contributed by atoms with van der Waals surface area (Å²) >= 11 is 2.99. The van der Waals surface area contributed by atoms with Crippen molar-refractivity contribution < 1.29 is 14.4 Å². The minimum Gasteiger partial charge on any atom is -0.333 e. The number of carbonyl (C=O) groups excluding carboxylic acids is 3. The molecule has 9 heteroatoms. The third-order valence-electron chi connectivity index (χ3n) is 4.87. The summed E-state index contributed by atoms with van der Waals surface area (Å²) in [6.45, 7) is 1.93. The molecule has 0 atom stereocenters. The summed E-state index contributed by atoms with van der Waals surface area (Å²) in [4.78, 5) is 45.9. The van der Waals surface area contributed by atoms with Crippen LogP contribution in [0.1, 0.15) is 43.3 Å². The molecule has 3 N–H and O–H groups in total. The lowest BCUT2D eigenvalue weighted by atomic mass is 10.1. The highest BCUT2D eigenvalue weighted by molar-refractivity contribution is 7.98. The van der Waals surface area contributed by atoms with Crippen LogP contribution in [0.25, 0.3) is 11.0 Å². The Kier molecular flexibility index (Phi) is 7.21. The van der Waals surface area contributed by atoms with Gasteiger partial charge in [0.15, 0.2) is 10.9 Å². The molecule has 2 aromatic carbocycles. The van der Waals surface area contributed by atoms with Crippen molar-refractivity contribution >= 4 is 51.7 Å². The van der Waals surface area contributed by atoms with Crippen molar-refractivity contribution in [3.05, 3.63) is 81.5 Å². The zero-order valence-corrected chi connectivity index (χ0v) is 19.5. The van der Waals surface area contributed by atoms with Gasteiger partial charge in [0.1, 0.15) is 0 Å². The van der Waals surface area contributed by atoms with Gasteiger partial charge in [-0.1, -0.05) is 36.0 Å². The molecule has 4 aromatic rings. The molecule has 2 amide bonds. The van der Waals surface area contributed by atoms with E-state index in [1.807, 2.05) is 49.4 Å². The highest BCUT2D eigenvalue weighted by Gasteiger charge is 2.12. The predicted octanol–water partition coefficient (Wildman–Crippen LogP) is 4.65. The number of aryl methyl sites for hydroxylation is 1. The van der Waals surface area contributed by atoms with Gasteiger partial charge in [-0.05, 0) is 48.9 Å². The van der Waals surface area contributed by atoms with Crippen molar-refractivity contribution in [2.45, 2.75) is 30.7 Å². The minimum absolute atomic E-state index is 0.00795. The summed E-state index contributed by atoms with van der Waals surface area (Å²) in [5, 5.41) is 0.841. The fourth-order valence-corrected chi connectivity index (χ4v) is 4.77. The van der Waals surface area contributed by atoms with Gasteiger partial charge in [0, 0.05) is 29.0 Å². The van der Waals surface area contributed by atoms with Crippen LogP contribution < -0.4 is 10.9 Å². The number of H-pyrrole nitrogens is 1. The van der Waals surface area contributed by atoms with Crippen LogP contribution in [0.3, 0.4) is 0 Å². The van der Waals surface area contributed by atoms with E-state index in [9.17, 15) is 14.4 Å². The van der Waals surface area contributed by atoms with Crippen molar-refractivity contribution in [3.63, 3.8) is 0 Å². The number of aromatic amines is 1. The number of imidazole rings is 1. The SMILES string of the molecule is Cc1ccc(C(=O)CCC(=O)NNC(=O)c2ccc(CSc3nc4ccccc4[nH]3)cc2)s1. The molecule has 0 spiro atoms. The van der Waals surface area contributed by atoms with Crippen LogP contribution in [-0.2, 0) is 10.5 Å². The molecule has 0 bridgehead atoms. The first-order valence-corrected chi connectivity index (χ1v) is 12.1. The third-order valence-corrected chi connectivity index (χ3v) is 6.86. The summed E-state index contributed by atoms with van der Waals surface area (Å²) < 4.78 is 0. The number of benzene rings is 2. The summed E-state index contributed by atoms with van der Waals surface area (Å²) in [6.07, 6.45) is 0.104. The van der Waals surface area contributed by atoms with E-state index in [1.54, 1.807) is 30.0 Å². The second-order valence-electron chi connectivity index (χ2n) is 7.38. The molecule has 0 unspecified atom stereocenters. The molecule has 0 saturated heterocycles. The largest absolute Gasteiger partial charge is 0.333 e. The summed E-state index contributed by atoms with van der Waals surface area (Å²) in [6, 6.07) is 18.7. The molecule has 4 rings (SSSR count). The monoisotopic (exact) mass is 478 g/mol. The van der Waals surface area contributed by atoms with E-state index in [2.05, 4.69) is 20.8 Å². The summed E-state index contributed by atoms with van der Waals surface area (Å²) in [5.41, 5.74) is 8.16. The minimum atomic E-state index is -0.417. The Balaban J connectivity index is 1.21. The second kappa shape index (κ2) is 10.5. The smallest absolute Gasteiger partial charge is 0.269 e. The quantitative estimate of drug-likeness (QED) is 0.194. The molecular formula is C24H22N4O3S2. The first kappa shape index (κ1) is 22.8. The van der Waals surface area contributed by atoms with Gasteiger partial charge < -0.3 is 4.98 Å². The van der Waals surface area contributed by atoms with Gasteiger partial charge >= 0.3 is 0 Å². The van der Waals surface area contributed by atoms with E-state index in [-0.39, 0.29) is 18.6 Å². The number of para-hydroxylation sites is 2. The average molecular weight is 479 g/mol. The molecule has 7 nitrogen and oxygen atoms in total. The van der Waals surface area contributed by atoms with Crippen LogP contribution in [0.2, 0.25) is 0 Å². The maximum absolute atomic E-state index is 12.3. The zero-order valence-electron chi connectivity index (χ0n) is 17.9. The fraction of sp³-hybridized carbons (Fsp3) is 0.167. The van der Waals surface area contributed by atoms with Gasteiger partial charge in [-0.25, -0.2) is 4.98 Å². The maximum atomic E-state index is 12.3. The molecule has 0 aliphatic rings. The van der Waals surface area contributed by atoms with E-state index in [1.165, 1.54) is 11.3 Å². The number of ketones is 1. The Morgan fingerprint density at radius 1 is 0.970 bits per heavy atom. The van der Waals surface area contributed by atoms with Crippen LogP contribution in [0.4, 0.5) is 0 Å². The molecular weight excluding hydrogens is 456 g/mol. The molecule has 0 fully saturated rings. The number of rotatable bonds is 8. The van der Waals surface area contributed by atoms with Gasteiger partial charge in [0.25, 0.3) is 5.91 Å². The van der Waals surface area contributed by atoms with Gasteiger partial charge in [-0.15, -0.1) is 11.3 Å². The predicted molar refractivity (Wildman–Crippen MR) is 130 cm³/mol. The Morgan fingerprint density at radius 2 is 1.76 bits per heavy atom. The Labute approximate surface area is 199 Å². The van der Waals surface area contributed by atoms with E-state index in [0.29, 0.717) is 16.2 Å². The number of nitrogens with zero attached hydrogens (tertiary/aromatic N) is 1. The van der Waals surface area contributed by atoms with Crippen LogP contribution >= 0.6 is 23.1 Å². The number of Topliss-reactive ketones (excluding diaryl/α,β-unsaturated/α-hetero) is 1. The Morgan fingerprint density at radius 3 is 2.48 bits per heavy atom. The van der Waals surface area contributed by atoms with Gasteiger partial charge in [-0.2, -0.15) is 0 Å².